The molecule has 0 unspecified atom stereocenters. The van der Waals surface area contributed by atoms with Crippen molar-refractivity contribution in [1.29, 1.82) is 0 Å². The quantitative estimate of drug-likeness (QED) is 0.226. The standard InChI is InChI=1S/C36H14B10N2/c37-25-23(26(38)30(42)33(45)29(25)41)14-9-10-19(24-27(39)31(43)34(46)32(44)28(24)40)22(13-14)48-21-8-4-2-6-16(21)18-12-11-17-15-5-1-3-7-20(15)47-35(17)36(18)48/h1-13,47H. The van der Waals surface area contributed by atoms with Gasteiger partial charge in [0.15, 0.2) is 0 Å². The molecule has 1 N–H and O–H groups in total. The Bertz CT molecular complexity index is 2630. The number of rotatable bonds is 3. The van der Waals surface area contributed by atoms with Gasteiger partial charge in [0.2, 0.25) is 0 Å². The normalized spacial score (nSPS) is 11.8. The van der Waals surface area contributed by atoms with Crippen LogP contribution in [0.15, 0.2) is 78.9 Å². The molecule has 2 aromatic heterocycles. The lowest BCUT2D eigenvalue weighted by Crippen LogP contribution is -2.55. The van der Waals surface area contributed by atoms with Crippen molar-refractivity contribution in [3.63, 3.8) is 0 Å². The fourth-order valence-electron chi connectivity index (χ4n) is 7.00. The zero-order valence-corrected chi connectivity index (χ0v) is 25.7. The number of nitrogens with zero attached hydrogens (tertiary/aromatic N) is 1. The fourth-order valence-corrected chi connectivity index (χ4v) is 7.00. The molecular weight excluding hydrogens is 569 g/mol. The monoisotopic (exact) mass is 584 g/mol. The van der Waals surface area contributed by atoms with Gasteiger partial charge >= 0.3 is 0 Å². The van der Waals surface area contributed by atoms with E-state index in [1.807, 2.05) is 42.5 Å². The van der Waals surface area contributed by atoms with Crippen molar-refractivity contribution in [2.45, 2.75) is 0 Å². The third-order valence-corrected chi connectivity index (χ3v) is 9.51. The van der Waals surface area contributed by atoms with Crippen molar-refractivity contribution < 1.29 is 0 Å². The SMILES string of the molecule is [B]c1c([B])c([B])c(-c2ccc(-c3c([B])c([B])c([B])c([B])c3[B])c(-n3c4ccccc4c4ccc5c6ccccc6[nH]c5c43)c2)c([B])c1[B]. The minimum atomic E-state index is 0.122. The molecule has 2 heterocycles. The maximum atomic E-state index is 6.69. The van der Waals surface area contributed by atoms with Gasteiger partial charge < -0.3 is 9.55 Å². The molecule has 48 heavy (non-hydrogen) atoms. The molecule has 0 aliphatic heterocycles. The third-order valence-electron chi connectivity index (χ3n) is 9.51. The summed E-state index contributed by atoms with van der Waals surface area (Å²) in [4.78, 5) is 3.67. The van der Waals surface area contributed by atoms with E-state index in [4.69, 9.17) is 78.5 Å². The summed E-state index contributed by atoms with van der Waals surface area (Å²) in [7, 11) is 64.3. The topological polar surface area (TPSA) is 20.7 Å². The van der Waals surface area contributed by atoms with Crippen molar-refractivity contribution in [3.8, 4) is 27.9 Å². The van der Waals surface area contributed by atoms with Gasteiger partial charge in [0.05, 0.1) is 22.2 Å². The number of H-pyrrole nitrogens is 1. The largest absolute Gasteiger partial charge is 0.353 e. The van der Waals surface area contributed by atoms with Gasteiger partial charge in [-0.25, -0.2) is 0 Å². The summed E-state index contributed by atoms with van der Waals surface area (Å²) < 4.78 is 2.17. The molecule has 20 radical (unpaired) electrons. The van der Waals surface area contributed by atoms with E-state index in [1.54, 1.807) is 0 Å². The van der Waals surface area contributed by atoms with Crippen LogP contribution in [-0.4, -0.2) is 88.0 Å². The summed E-state index contributed by atoms with van der Waals surface area (Å²) in [6.45, 7) is 0. The maximum absolute atomic E-state index is 6.69. The van der Waals surface area contributed by atoms with Gasteiger partial charge in [0.25, 0.3) is 0 Å². The lowest BCUT2D eigenvalue weighted by Gasteiger charge is -2.26. The molecular formula is C36H14B10N2. The highest BCUT2D eigenvalue weighted by Crippen LogP contribution is 2.41. The van der Waals surface area contributed by atoms with E-state index in [0.29, 0.717) is 27.9 Å². The molecule has 0 aliphatic carbocycles. The zero-order chi connectivity index (χ0) is 33.8. The minimum absolute atomic E-state index is 0.122. The molecule has 0 bridgehead atoms. The first-order chi connectivity index (χ1) is 23.0. The maximum Gasteiger partial charge on any atom is 0.113 e. The Morgan fingerprint density at radius 2 is 0.958 bits per heavy atom. The Morgan fingerprint density at radius 1 is 0.438 bits per heavy atom. The first-order valence-electron chi connectivity index (χ1n) is 15.1. The first-order valence-corrected chi connectivity index (χ1v) is 15.1. The summed E-state index contributed by atoms with van der Waals surface area (Å²) in [5.74, 6) is 0. The average molecular weight is 583 g/mol. The van der Waals surface area contributed by atoms with Crippen molar-refractivity contribution in [3.05, 3.63) is 78.9 Å². The lowest BCUT2D eigenvalue weighted by molar-refractivity contribution is 1.19. The van der Waals surface area contributed by atoms with E-state index in [9.17, 15) is 0 Å². The van der Waals surface area contributed by atoms with Crippen LogP contribution in [0.5, 0.6) is 0 Å². The van der Waals surface area contributed by atoms with Crippen LogP contribution in [0, 0.1) is 0 Å². The Hall–Kier alpha value is -4.43. The molecule has 8 rings (SSSR count). The van der Waals surface area contributed by atoms with Crippen LogP contribution >= 0.6 is 0 Å². The summed E-state index contributed by atoms with van der Waals surface area (Å²) in [6, 6.07) is 26.3. The number of aromatic nitrogens is 2. The first kappa shape index (κ1) is 30.9. The van der Waals surface area contributed by atoms with Crippen LogP contribution in [0.25, 0.3) is 71.6 Å². The van der Waals surface area contributed by atoms with E-state index in [0.717, 1.165) is 43.6 Å². The van der Waals surface area contributed by atoms with Crippen molar-refractivity contribution in [2.75, 3.05) is 0 Å². The molecule has 0 aliphatic rings. The van der Waals surface area contributed by atoms with Gasteiger partial charge in [0, 0.05) is 32.6 Å². The van der Waals surface area contributed by atoms with Crippen LogP contribution in [0.1, 0.15) is 0 Å². The molecule has 2 nitrogen and oxygen atoms in total. The number of para-hydroxylation sites is 2. The van der Waals surface area contributed by atoms with Crippen LogP contribution in [0.3, 0.4) is 0 Å². The summed E-state index contributed by atoms with van der Waals surface area (Å²) >= 11 is 0. The predicted molar refractivity (Wildman–Crippen MR) is 215 cm³/mol. The van der Waals surface area contributed by atoms with Gasteiger partial charge in [-0.3, -0.25) is 0 Å². The summed E-state index contributed by atoms with van der Waals surface area (Å²) in [5, 5.41) is 4.22. The van der Waals surface area contributed by atoms with Gasteiger partial charge in [-0.1, -0.05) is 82.5 Å². The van der Waals surface area contributed by atoms with Gasteiger partial charge in [-0.05, 0) is 34.9 Å². The summed E-state index contributed by atoms with van der Waals surface area (Å²) in [6.07, 6.45) is 0. The zero-order valence-electron chi connectivity index (χ0n) is 25.7. The Labute approximate surface area is 291 Å². The second-order valence-corrected chi connectivity index (χ2v) is 12.0. The van der Waals surface area contributed by atoms with Crippen LogP contribution < -0.4 is 54.6 Å². The highest BCUT2D eigenvalue weighted by atomic mass is 15.0. The van der Waals surface area contributed by atoms with Crippen molar-refractivity contribution >= 4 is 177 Å². The van der Waals surface area contributed by atoms with Crippen LogP contribution in [-0.2, 0) is 0 Å². The number of nitrogens with one attached hydrogen (secondary N) is 1. The van der Waals surface area contributed by atoms with Crippen molar-refractivity contribution in [2.24, 2.45) is 0 Å². The number of benzene rings is 6. The number of aromatic amines is 1. The second-order valence-electron chi connectivity index (χ2n) is 12.0. The van der Waals surface area contributed by atoms with E-state index in [-0.39, 0.29) is 54.6 Å². The Morgan fingerprint density at radius 3 is 1.60 bits per heavy atom. The molecule has 12 heteroatoms. The molecule has 0 spiro atoms. The number of hydrogen-bond acceptors (Lipinski definition) is 0. The van der Waals surface area contributed by atoms with Crippen LogP contribution in [0.2, 0.25) is 0 Å². The Balaban J connectivity index is 1.59. The van der Waals surface area contributed by atoms with Crippen LogP contribution in [0.4, 0.5) is 0 Å². The highest BCUT2D eigenvalue weighted by Gasteiger charge is 2.23. The van der Waals surface area contributed by atoms with E-state index >= 15 is 0 Å². The van der Waals surface area contributed by atoms with E-state index in [2.05, 4.69) is 45.9 Å². The fraction of sp³-hybridized carbons (Fsp3) is 0. The second kappa shape index (κ2) is 11.1. The van der Waals surface area contributed by atoms with E-state index < -0.39 is 0 Å². The molecule has 0 atom stereocenters. The number of fused-ring (bicyclic) bond motifs is 7. The molecule has 6 aromatic carbocycles. The van der Waals surface area contributed by atoms with E-state index in [1.165, 1.54) is 0 Å². The third kappa shape index (κ3) is 4.20. The molecule has 0 saturated carbocycles. The van der Waals surface area contributed by atoms with Gasteiger partial charge in [0.1, 0.15) is 78.5 Å². The van der Waals surface area contributed by atoms with Gasteiger partial charge in [-0.2, -0.15) is 0 Å². The Kier molecular flexibility index (Phi) is 7.11. The molecule has 198 valence electrons. The highest BCUT2D eigenvalue weighted by molar-refractivity contribution is 6.70. The lowest BCUT2D eigenvalue weighted by atomic mass is 9.59. The smallest absolute Gasteiger partial charge is 0.113 e. The minimum Gasteiger partial charge on any atom is -0.353 e. The number of hydrogen-bond donors (Lipinski definition) is 1. The molecule has 0 saturated heterocycles. The average Bonchev–Trinajstić information content (AvgIpc) is 3.65. The molecule has 0 fully saturated rings. The summed E-state index contributed by atoms with van der Waals surface area (Å²) in [5.41, 5.74) is 8.25. The molecule has 8 aromatic rings. The molecule has 0 amide bonds. The van der Waals surface area contributed by atoms with Crippen molar-refractivity contribution in [1.82, 2.24) is 9.55 Å². The van der Waals surface area contributed by atoms with Gasteiger partial charge in [-0.15, -0.1) is 32.8 Å². The predicted octanol–water partition coefficient (Wildman–Crippen LogP) is -2.31.